The van der Waals surface area contributed by atoms with Crippen LogP contribution in [-0.2, 0) is 6.42 Å². The molecule has 5 nitrogen and oxygen atoms in total. The molecule has 0 saturated heterocycles. The van der Waals surface area contributed by atoms with Gasteiger partial charge >= 0.3 is 0 Å². The highest BCUT2D eigenvalue weighted by molar-refractivity contribution is 6.10. The minimum atomic E-state index is 0.909. The molecule has 0 aliphatic carbocycles. The van der Waals surface area contributed by atoms with Crippen LogP contribution in [0.25, 0.3) is 44.5 Å². The van der Waals surface area contributed by atoms with E-state index in [-0.39, 0.29) is 0 Å². The fourth-order valence-electron chi connectivity index (χ4n) is 5.03. The molecule has 0 N–H and O–H groups in total. The van der Waals surface area contributed by atoms with E-state index < -0.39 is 0 Å². The van der Waals surface area contributed by atoms with Gasteiger partial charge in [-0.25, -0.2) is 4.98 Å². The summed E-state index contributed by atoms with van der Waals surface area (Å²) >= 11 is 0. The van der Waals surface area contributed by atoms with Crippen LogP contribution in [-0.4, -0.2) is 25.3 Å². The first-order valence-electron chi connectivity index (χ1n) is 11.3. The van der Waals surface area contributed by atoms with Gasteiger partial charge in [-0.3, -0.25) is 9.98 Å². The molecule has 7 rings (SSSR count). The number of fused-ring (bicyclic) bond motifs is 6. The maximum atomic E-state index is 5.21. The van der Waals surface area contributed by atoms with Gasteiger partial charge in [-0.15, -0.1) is 0 Å². The number of aromatic nitrogens is 4. The summed E-state index contributed by atoms with van der Waals surface area (Å²) in [5.41, 5.74) is 11.6. The van der Waals surface area contributed by atoms with Gasteiger partial charge in [0.1, 0.15) is 22.2 Å². The summed E-state index contributed by atoms with van der Waals surface area (Å²) in [4.78, 5) is 14.7. The van der Waals surface area contributed by atoms with Crippen molar-refractivity contribution >= 4 is 45.0 Å². The lowest BCUT2D eigenvalue weighted by molar-refractivity contribution is 0.912. The van der Waals surface area contributed by atoms with E-state index in [1.54, 1.807) is 0 Å². The summed E-state index contributed by atoms with van der Waals surface area (Å²) in [5, 5.41) is 0. The van der Waals surface area contributed by atoms with Gasteiger partial charge < -0.3 is 9.13 Å². The molecule has 1 aliphatic rings. The van der Waals surface area contributed by atoms with Gasteiger partial charge in [-0.05, 0) is 62.2 Å². The van der Waals surface area contributed by atoms with Crippen LogP contribution in [0.4, 0.5) is 5.69 Å². The van der Waals surface area contributed by atoms with Crippen molar-refractivity contribution in [2.75, 3.05) is 0 Å². The van der Waals surface area contributed by atoms with Crippen molar-refractivity contribution in [3.63, 3.8) is 0 Å². The molecular formula is C28H21N5. The van der Waals surface area contributed by atoms with Gasteiger partial charge in [0.2, 0.25) is 0 Å². The highest BCUT2D eigenvalue weighted by Gasteiger charge is 2.24. The molecule has 0 atom stereocenters. The number of pyridine rings is 2. The van der Waals surface area contributed by atoms with Gasteiger partial charge in [-0.1, -0.05) is 35.9 Å². The average molecular weight is 428 g/mol. The molecule has 0 unspecified atom stereocenters. The van der Waals surface area contributed by atoms with Gasteiger partial charge in [0.25, 0.3) is 0 Å². The van der Waals surface area contributed by atoms with Crippen LogP contribution in [0.3, 0.4) is 0 Å². The van der Waals surface area contributed by atoms with Crippen molar-refractivity contribution in [2.24, 2.45) is 4.99 Å². The number of benzene rings is 2. The topological polar surface area (TPSA) is 48.0 Å². The van der Waals surface area contributed by atoms with Crippen molar-refractivity contribution in [3.8, 4) is 11.4 Å². The molecule has 5 heteroatoms. The van der Waals surface area contributed by atoms with Crippen LogP contribution in [0, 0.1) is 6.92 Å². The lowest BCUT2D eigenvalue weighted by atomic mass is 10.1. The maximum absolute atomic E-state index is 5.21. The smallest absolute Gasteiger partial charge is 0.116 e. The van der Waals surface area contributed by atoms with E-state index in [4.69, 9.17) is 15.0 Å². The van der Waals surface area contributed by atoms with E-state index in [1.165, 1.54) is 11.3 Å². The Morgan fingerprint density at radius 2 is 1.52 bits per heavy atom. The number of hydrogen-bond acceptors (Lipinski definition) is 3. The summed E-state index contributed by atoms with van der Waals surface area (Å²) in [7, 11) is 0. The lowest BCUT2D eigenvalue weighted by Gasteiger charge is -2.13. The van der Waals surface area contributed by atoms with E-state index in [9.17, 15) is 0 Å². The fourth-order valence-corrected chi connectivity index (χ4v) is 5.03. The predicted molar refractivity (Wildman–Crippen MR) is 134 cm³/mol. The molecule has 4 aromatic heterocycles. The van der Waals surface area contributed by atoms with E-state index in [0.717, 1.165) is 63.0 Å². The van der Waals surface area contributed by atoms with Crippen LogP contribution in [0.15, 0.2) is 84.0 Å². The Kier molecular flexibility index (Phi) is 3.82. The van der Waals surface area contributed by atoms with Crippen LogP contribution in [0.1, 0.15) is 17.7 Å². The SMILES string of the molecule is Cc1ccc(-n2c3c(c4nc5c6ncccc6n(-c6ccccc6)c5cc42)N=CCC3)cc1. The standard InChI is InChI=1S/C28H21N5/c1-18-11-13-20(14-12-18)33-22-10-6-16-30-26(22)28-24(33)17-23-27(31-28)25-21(9-5-15-29-25)32(23)19-7-3-2-4-8-19/h2-5,7-9,11-17H,6,10H2,1H3. The Morgan fingerprint density at radius 3 is 2.36 bits per heavy atom. The van der Waals surface area contributed by atoms with Crippen molar-refractivity contribution in [1.82, 2.24) is 19.1 Å². The molecule has 0 spiro atoms. The van der Waals surface area contributed by atoms with E-state index >= 15 is 0 Å². The quantitative estimate of drug-likeness (QED) is 0.318. The van der Waals surface area contributed by atoms with Crippen molar-refractivity contribution in [1.29, 1.82) is 0 Å². The van der Waals surface area contributed by atoms with Gasteiger partial charge in [0, 0.05) is 23.8 Å². The Morgan fingerprint density at radius 1 is 0.727 bits per heavy atom. The lowest BCUT2D eigenvalue weighted by Crippen LogP contribution is -2.03. The molecule has 6 aromatic rings. The maximum Gasteiger partial charge on any atom is 0.116 e. The molecule has 0 radical (unpaired) electrons. The van der Waals surface area contributed by atoms with Crippen molar-refractivity contribution < 1.29 is 0 Å². The monoisotopic (exact) mass is 427 g/mol. The summed E-state index contributed by atoms with van der Waals surface area (Å²) in [6.45, 7) is 2.12. The number of hydrogen-bond donors (Lipinski definition) is 0. The Bertz CT molecular complexity index is 1700. The molecule has 1 aliphatic heterocycles. The molecule has 5 heterocycles. The highest BCUT2D eigenvalue weighted by Crippen LogP contribution is 2.40. The molecule has 158 valence electrons. The molecule has 2 aromatic carbocycles. The van der Waals surface area contributed by atoms with Crippen LogP contribution < -0.4 is 0 Å². The molecule has 0 amide bonds. The highest BCUT2D eigenvalue weighted by atomic mass is 15.1. The summed E-state index contributed by atoms with van der Waals surface area (Å²) < 4.78 is 4.60. The van der Waals surface area contributed by atoms with Gasteiger partial charge in [-0.2, -0.15) is 0 Å². The van der Waals surface area contributed by atoms with Gasteiger partial charge in [0.15, 0.2) is 0 Å². The van der Waals surface area contributed by atoms with Crippen molar-refractivity contribution in [2.45, 2.75) is 19.8 Å². The number of aryl methyl sites for hydroxylation is 1. The molecular weight excluding hydrogens is 406 g/mol. The minimum Gasteiger partial charge on any atom is -0.310 e. The fraction of sp³-hybridized carbons (Fsp3) is 0.107. The van der Waals surface area contributed by atoms with Crippen LogP contribution in [0.2, 0.25) is 0 Å². The zero-order chi connectivity index (χ0) is 21.9. The summed E-state index contributed by atoms with van der Waals surface area (Å²) in [5.74, 6) is 0. The zero-order valence-electron chi connectivity index (χ0n) is 18.2. The minimum absolute atomic E-state index is 0.909. The van der Waals surface area contributed by atoms with Crippen molar-refractivity contribution in [3.05, 3.63) is 90.3 Å². The number of rotatable bonds is 2. The molecule has 33 heavy (non-hydrogen) atoms. The second-order valence-electron chi connectivity index (χ2n) is 8.58. The molecule has 0 bridgehead atoms. The second kappa shape index (κ2) is 6.87. The Hall–Kier alpha value is -4.25. The summed E-state index contributed by atoms with van der Waals surface area (Å²) in [6.07, 6.45) is 5.74. The Labute approximate surface area is 190 Å². The largest absolute Gasteiger partial charge is 0.310 e. The third-order valence-corrected chi connectivity index (χ3v) is 6.52. The number of nitrogens with zero attached hydrogens (tertiary/aromatic N) is 5. The van der Waals surface area contributed by atoms with Crippen LogP contribution >= 0.6 is 0 Å². The number of para-hydroxylation sites is 1. The van der Waals surface area contributed by atoms with Gasteiger partial charge in [0.05, 0.1) is 22.2 Å². The normalized spacial score (nSPS) is 13.2. The summed E-state index contributed by atoms with van der Waals surface area (Å²) in [6, 6.07) is 25.5. The second-order valence-corrected chi connectivity index (χ2v) is 8.58. The third kappa shape index (κ3) is 2.62. The van der Waals surface area contributed by atoms with Crippen LogP contribution in [0.5, 0.6) is 0 Å². The Balaban J connectivity index is 1.66. The van der Waals surface area contributed by atoms with E-state index in [0.29, 0.717) is 0 Å². The average Bonchev–Trinajstić information content (AvgIpc) is 3.36. The first-order chi connectivity index (χ1) is 16.3. The zero-order valence-corrected chi connectivity index (χ0v) is 18.2. The predicted octanol–water partition coefficient (Wildman–Crippen LogP) is 6.47. The number of aliphatic imine (C=N–C) groups is 1. The van der Waals surface area contributed by atoms with E-state index in [2.05, 4.69) is 76.7 Å². The first kappa shape index (κ1) is 18.3. The molecule has 0 fully saturated rings. The molecule has 0 saturated carbocycles. The third-order valence-electron chi connectivity index (χ3n) is 6.52. The first-order valence-corrected chi connectivity index (χ1v) is 11.3. The van der Waals surface area contributed by atoms with E-state index in [1.807, 2.05) is 24.5 Å².